The SMILES string of the molecule is Cn1nc(CN(Cc2ccco2)C(=O)Cc2ccccc2)c2c1CCC2. The summed E-state index contributed by atoms with van der Waals surface area (Å²) in [5.74, 6) is 0.879. The number of carbonyl (C=O) groups is 1. The Balaban J connectivity index is 1.56. The predicted octanol–water partition coefficient (Wildman–Crippen LogP) is 3.27. The topological polar surface area (TPSA) is 51.3 Å². The molecular weight excluding hydrogens is 326 g/mol. The fourth-order valence-electron chi connectivity index (χ4n) is 3.71. The van der Waals surface area contributed by atoms with Crippen molar-refractivity contribution in [1.82, 2.24) is 14.7 Å². The first-order chi connectivity index (χ1) is 12.7. The van der Waals surface area contributed by atoms with E-state index in [9.17, 15) is 4.79 Å². The monoisotopic (exact) mass is 349 g/mol. The normalized spacial score (nSPS) is 13.0. The molecule has 0 bridgehead atoms. The average Bonchev–Trinajstić information content (AvgIpc) is 3.37. The summed E-state index contributed by atoms with van der Waals surface area (Å²) in [6.45, 7) is 0.986. The van der Waals surface area contributed by atoms with Crippen LogP contribution in [0.3, 0.4) is 0 Å². The molecule has 1 aromatic carbocycles. The zero-order chi connectivity index (χ0) is 17.9. The quantitative estimate of drug-likeness (QED) is 0.686. The molecule has 1 amide bonds. The minimum atomic E-state index is 0.0880. The van der Waals surface area contributed by atoms with E-state index in [0.717, 1.165) is 29.9 Å². The maximum absolute atomic E-state index is 13.0. The first kappa shape index (κ1) is 16.6. The third-order valence-corrected chi connectivity index (χ3v) is 5.02. The fraction of sp³-hybridized carbons (Fsp3) is 0.333. The number of amides is 1. The molecule has 1 aliphatic rings. The van der Waals surface area contributed by atoms with Gasteiger partial charge < -0.3 is 9.32 Å². The Morgan fingerprint density at radius 1 is 1.15 bits per heavy atom. The number of nitrogens with zero attached hydrogens (tertiary/aromatic N) is 3. The highest BCUT2D eigenvalue weighted by Crippen LogP contribution is 2.26. The molecule has 134 valence electrons. The molecule has 2 aromatic heterocycles. The third kappa shape index (κ3) is 3.43. The molecule has 0 saturated carbocycles. The van der Waals surface area contributed by atoms with Crippen LogP contribution < -0.4 is 0 Å². The van der Waals surface area contributed by atoms with Gasteiger partial charge in [-0.05, 0) is 42.5 Å². The van der Waals surface area contributed by atoms with Gasteiger partial charge in [-0.25, -0.2) is 0 Å². The third-order valence-electron chi connectivity index (χ3n) is 5.02. The lowest BCUT2D eigenvalue weighted by Gasteiger charge is -2.21. The van der Waals surface area contributed by atoms with E-state index in [1.54, 1.807) is 6.26 Å². The molecule has 3 aromatic rings. The molecule has 0 radical (unpaired) electrons. The first-order valence-corrected chi connectivity index (χ1v) is 9.08. The Labute approximate surface area is 153 Å². The van der Waals surface area contributed by atoms with Crippen LogP contribution in [-0.2, 0) is 44.2 Å². The Kier molecular flexibility index (Phi) is 4.61. The zero-order valence-electron chi connectivity index (χ0n) is 15.0. The molecular formula is C21H23N3O2. The van der Waals surface area contributed by atoms with Gasteiger partial charge in [-0.1, -0.05) is 30.3 Å². The highest BCUT2D eigenvalue weighted by atomic mass is 16.3. The van der Waals surface area contributed by atoms with E-state index in [4.69, 9.17) is 4.42 Å². The number of rotatable bonds is 6. The number of aryl methyl sites for hydroxylation is 1. The Hall–Kier alpha value is -2.82. The van der Waals surface area contributed by atoms with Crippen LogP contribution in [0.4, 0.5) is 0 Å². The van der Waals surface area contributed by atoms with Crippen LogP contribution in [0.2, 0.25) is 0 Å². The van der Waals surface area contributed by atoms with Crippen LogP contribution in [0.1, 0.15) is 34.7 Å². The van der Waals surface area contributed by atoms with Gasteiger partial charge in [-0.2, -0.15) is 5.10 Å². The Morgan fingerprint density at radius 2 is 2.00 bits per heavy atom. The first-order valence-electron chi connectivity index (χ1n) is 9.08. The second kappa shape index (κ2) is 7.20. The van der Waals surface area contributed by atoms with Gasteiger partial charge in [0.1, 0.15) is 5.76 Å². The lowest BCUT2D eigenvalue weighted by molar-refractivity contribution is -0.132. The molecule has 26 heavy (non-hydrogen) atoms. The number of aromatic nitrogens is 2. The predicted molar refractivity (Wildman–Crippen MR) is 98.3 cm³/mol. The van der Waals surface area contributed by atoms with Crippen molar-refractivity contribution in [2.75, 3.05) is 0 Å². The smallest absolute Gasteiger partial charge is 0.227 e. The second-order valence-electron chi connectivity index (χ2n) is 6.84. The van der Waals surface area contributed by atoms with Crippen LogP contribution in [0.5, 0.6) is 0 Å². The van der Waals surface area contributed by atoms with E-state index >= 15 is 0 Å². The molecule has 0 aliphatic heterocycles. The zero-order valence-corrected chi connectivity index (χ0v) is 15.0. The summed E-state index contributed by atoms with van der Waals surface area (Å²) in [7, 11) is 2.00. The van der Waals surface area contributed by atoms with Crippen molar-refractivity contribution in [2.24, 2.45) is 7.05 Å². The molecule has 0 spiro atoms. The number of carbonyl (C=O) groups excluding carboxylic acids is 1. The minimum absolute atomic E-state index is 0.0880. The van der Waals surface area contributed by atoms with Gasteiger partial charge >= 0.3 is 0 Å². The van der Waals surface area contributed by atoms with E-state index < -0.39 is 0 Å². The van der Waals surface area contributed by atoms with Crippen molar-refractivity contribution < 1.29 is 9.21 Å². The van der Waals surface area contributed by atoms with Crippen molar-refractivity contribution in [3.63, 3.8) is 0 Å². The van der Waals surface area contributed by atoms with Crippen molar-refractivity contribution in [3.05, 3.63) is 77.0 Å². The molecule has 1 aliphatic carbocycles. The molecule has 0 N–H and O–H groups in total. The summed E-state index contributed by atoms with van der Waals surface area (Å²) in [4.78, 5) is 14.9. The van der Waals surface area contributed by atoms with Crippen molar-refractivity contribution >= 4 is 5.91 Å². The number of hydrogen-bond acceptors (Lipinski definition) is 3. The van der Waals surface area contributed by atoms with E-state index in [-0.39, 0.29) is 5.91 Å². The van der Waals surface area contributed by atoms with Gasteiger partial charge in [0.25, 0.3) is 0 Å². The van der Waals surface area contributed by atoms with Gasteiger partial charge in [0, 0.05) is 12.7 Å². The largest absolute Gasteiger partial charge is 0.467 e. The van der Waals surface area contributed by atoms with Crippen LogP contribution in [0.25, 0.3) is 0 Å². The van der Waals surface area contributed by atoms with Gasteiger partial charge in [-0.15, -0.1) is 0 Å². The van der Waals surface area contributed by atoms with Crippen LogP contribution >= 0.6 is 0 Å². The van der Waals surface area contributed by atoms with Crippen molar-refractivity contribution in [1.29, 1.82) is 0 Å². The number of benzene rings is 1. The standard InChI is InChI=1S/C21H23N3O2/c1-23-20-11-5-10-18(20)19(22-23)15-24(14-17-9-6-12-26-17)21(25)13-16-7-3-2-4-8-16/h2-4,6-9,12H,5,10-11,13-15H2,1H3. The summed E-state index contributed by atoms with van der Waals surface area (Å²) < 4.78 is 7.46. The lowest BCUT2D eigenvalue weighted by Crippen LogP contribution is -2.31. The summed E-state index contributed by atoms with van der Waals surface area (Å²) in [5.41, 5.74) is 4.68. The van der Waals surface area contributed by atoms with E-state index in [0.29, 0.717) is 19.5 Å². The molecule has 0 atom stereocenters. The summed E-state index contributed by atoms with van der Waals surface area (Å²) in [6.07, 6.45) is 5.34. The molecule has 5 heteroatoms. The van der Waals surface area contributed by atoms with Gasteiger partial charge in [0.15, 0.2) is 0 Å². The highest BCUT2D eigenvalue weighted by molar-refractivity contribution is 5.78. The maximum atomic E-state index is 13.0. The van der Waals surface area contributed by atoms with E-state index in [1.165, 1.54) is 17.7 Å². The fourth-order valence-corrected chi connectivity index (χ4v) is 3.71. The second-order valence-corrected chi connectivity index (χ2v) is 6.84. The number of fused-ring (bicyclic) bond motifs is 1. The molecule has 2 heterocycles. The average molecular weight is 349 g/mol. The minimum Gasteiger partial charge on any atom is -0.467 e. The van der Waals surface area contributed by atoms with E-state index in [2.05, 4.69) is 5.10 Å². The summed E-state index contributed by atoms with van der Waals surface area (Å²) >= 11 is 0. The Morgan fingerprint density at radius 3 is 2.77 bits per heavy atom. The number of hydrogen-bond donors (Lipinski definition) is 0. The van der Waals surface area contributed by atoms with Gasteiger partial charge in [0.2, 0.25) is 5.91 Å². The van der Waals surface area contributed by atoms with Gasteiger partial charge in [-0.3, -0.25) is 9.48 Å². The molecule has 5 nitrogen and oxygen atoms in total. The molecule has 0 saturated heterocycles. The highest BCUT2D eigenvalue weighted by Gasteiger charge is 2.24. The summed E-state index contributed by atoms with van der Waals surface area (Å²) in [6, 6.07) is 13.6. The van der Waals surface area contributed by atoms with Crippen molar-refractivity contribution in [3.8, 4) is 0 Å². The number of furan rings is 1. The van der Waals surface area contributed by atoms with E-state index in [1.807, 2.05) is 59.1 Å². The van der Waals surface area contributed by atoms with Crippen molar-refractivity contribution in [2.45, 2.75) is 38.8 Å². The Bertz CT molecular complexity index is 882. The summed E-state index contributed by atoms with van der Waals surface area (Å²) in [5, 5.41) is 4.68. The molecule has 0 unspecified atom stereocenters. The molecule has 0 fully saturated rings. The van der Waals surface area contributed by atoms with Crippen LogP contribution in [0.15, 0.2) is 53.1 Å². The van der Waals surface area contributed by atoms with Crippen LogP contribution in [0, 0.1) is 0 Å². The molecule has 4 rings (SSSR count). The van der Waals surface area contributed by atoms with Crippen LogP contribution in [-0.4, -0.2) is 20.6 Å². The lowest BCUT2D eigenvalue weighted by atomic mass is 10.1. The van der Waals surface area contributed by atoms with Gasteiger partial charge in [0.05, 0.1) is 31.5 Å². The maximum Gasteiger partial charge on any atom is 0.227 e.